The maximum absolute atomic E-state index is 11.3. The van der Waals surface area contributed by atoms with Crippen molar-refractivity contribution in [2.24, 2.45) is 16.2 Å². The van der Waals surface area contributed by atoms with E-state index < -0.39 is 0 Å². The molecule has 1 saturated heterocycles. The first kappa shape index (κ1) is 10.0. The van der Waals surface area contributed by atoms with Crippen LogP contribution >= 0.6 is 0 Å². The minimum absolute atomic E-state index is 0.236. The number of nitrogens with one attached hydrogen (secondary N) is 1. The van der Waals surface area contributed by atoms with Crippen molar-refractivity contribution in [2.45, 2.75) is 47.0 Å². The van der Waals surface area contributed by atoms with Crippen molar-refractivity contribution in [3.63, 3.8) is 0 Å². The van der Waals surface area contributed by atoms with E-state index in [0.717, 1.165) is 19.4 Å². The van der Waals surface area contributed by atoms with Crippen LogP contribution in [0.1, 0.15) is 47.0 Å². The standard InChI is InChI=1S/C12H21NO/c1-10(2)11(3,4)12(10)6-5-9(14)13-8-7-12/h5-8H2,1-4H3,(H,13,14). The van der Waals surface area contributed by atoms with Gasteiger partial charge >= 0.3 is 0 Å². The number of carbonyl (C=O) groups excluding carboxylic acids is 1. The van der Waals surface area contributed by atoms with E-state index in [1.165, 1.54) is 0 Å². The zero-order chi connectivity index (χ0) is 10.6. The lowest BCUT2D eigenvalue weighted by Gasteiger charge is -2.17. The molecule has 1 heterocycles. The normalized spacial score (nSPS) is 32.1. The fourth-order valence-electron chi connectivity index (χ4n) is 3.75. The molecular weight excluding hydrogens is 174 g/mol. The molecule has 0 unspecified atom stereocenters. The largest absolute Gasteiger partial charge is 0.356 e. The summed E-state index contributed by atoms with van der Waals surface area (Å²) < 4.78 is 0. The van der Waals surface area contributed by atoms with Gasteiger partial charge in [0.05, 0.1) is 0 Å². The van der Waals surface area contributed by atoms with Crippen molar-refractivity contribution < 1.29 is 4.79 Å². The monoisotopic (exact) mass is 195 g/mol. The number of carbonyl (C=O) groups is 1. The average Bonchev–Trinajstić information content (AvgIpc) is 2.53. The summed E-state index contributed by atoms with van der Waals surface area (Å²) in [6.07, 6.45) is 2.93. The van der Waals surface area contributed by atoms with Crippen molar-refractivity contribution in [1.29, 1.82) is 0 Å². The van der Waals surface area contributed by atoms with Crippen molar-refractivity contribution in [2.75, 3.05) is 6.54 Å². The predicted octanol–water partition coefficient (Wildman–Crippen LogP) is 2.34. The van der Waals surface area contributed by atoms with E-state index in [9.17, 15) is 4.79 Å². The van der Waals surface area contributed by atoms with Crippen molar-refractivity contribution >= 4 is 5.91 Å². The lowest BCUT2D eigenvalue weighted by atomic mass is 9.87. The molecule has 2 nitrogen and oxygen atoms in total. The van der Waals surface area contributed by atoms with Gasteiger partial charge in [0.2, 0.25) is 5.91 Å². The Morgan fingerprint density at radius 3 is 2.14 bits per heavy atom. The van der Waals surface area contributed by atoms with Gasteiger partial charge in [-0.05, 0) is 29.1 Å². The van der Waals surface area contributed by atoms with Crippen LogP contribution in [0.5, 0.6) is 0 Å². The molecule has 1 aliphatic heterocycles. The molecule has 0 aromatic heterocycles. The van der Waals surface area contributed by atoms with E-state index in [2.05, 4.69) is 33.0 Å². The maximum atomic E-state index is 11.3. The van der Waals surface area contributed by atoms with E-state index in [1.807, 2.05) is 0 Å². The summed E-state index contributed by atoms with van der Waals surface area (Å²) in [4.78, 5) is 11.3. The van der Waals surface area contributed by atoms with Crippen LogP contribution in [0.25, 0.3) is 0 Å². The summed E-state index contributed by atoms with van der Waals surface area (Å²) in [6, 6.07) is 0. The second-order valence-corrected chi connectivity index (χ2v) is 5.93. The van der Waals surface area contributed by atoms with Crippen molar-refractivity contribution in [3.8, 4) is 0 Å². The Kier molecular flexibility index (Phi) is 1.81. The van der Waals surface area contributed by atoms with Crippen molar-refractivity contribution in [3.05, 3.63) is 0 Å². The number of rotatable bonds is 0. The molecule has 1 amide bonds. The highest BCUT2D eigenvalue weighted by atomic mass is 16.1. The van der Waals surface area contributed by atoms with Gasteiger partial charge in [-0.2, -0.15) is 0 Å². The van der Waals surface area contributed by atoms with Gasteiger partial charge in [0.25, 0.3) is 0 Å². The van der Waals surface area contributed by atoms with Gasteiger partial charge in [0.15, 0.2) is 0 Å². The van der Waals surface area contributed by atoms with E-state index in [1.54, 1.807) is 0 Å². The third-order valence-electron chi connectivity index (χ3n) is 5.55. The molecule has 2 fully saturated rings. The summed E-state index contributed by atoms with van der Waals surface area (Å²) in [5.41, 5.74) is 1.19. The summed E-state index contributed by atoms with van der Waals surface area (Å²) >= 11 is 0. The molecule has 80 valence electrons. The Hall–Kier alpha value is -0.530. The molecule has 2 rings (SSSR count). The molecule has 0 bridgehead atoms. The maximum Gasteiger partial charge on any atom is 0.220 e. The Bertz CT molecular complexity index is 264. The third kappa shape index (κ3) is 0.896. The Balaban J connectivity index is 2.23. The molecule has 2 aliphatic rings. The van der Waals surface area contributed by atoms with Gasteiger partial charge in [-0.1, -0.05) is 27.7 Å². The predicted molar refractivity (Wildman–Crippen MR) is 56.9 cm³/mol. The van der Waals surface area contributed by atoms with E-state index in [4.69, 9.17) is 0 Å². The molecule has 14 heavy (non-hydrogen) atoms. The van der Waals surface area contributed by atoms with Crippen molar-refractivity contribution in [1.82, 2.24) is 5.32 Å². The number of hydrogen-bond acceptors (Lipinski definition) is 1. The molecule has 0 radical (unpaired) electrons. The van der Waals surface area contributed by atoms with E-state index in [0.29, 0.717) is 22.7 Å². The summed E-state index contributed by atoms with van der Waals surface area (Å²) in [5.74, 6) is 0.236. The van der Waals surface area contributed by atoms with Gasteiger partial charge in [-0.15, -0.1) is 0 Å². The highest BCUT2D eigenvalue weighted by molar-refractivity contribution is 5.76. The third-order valence-corrected chi connectivity index (χ3v) is 5.55. The van der Waals surface area contributed by atoms with Gasteiger partial charge < -0.3 is 5.32 Å². The SMILES string of the molecule is CC1(C)C(C)(C)C12CCNC(=O)CC2. The molecule has 1 aliphatic carbocycles. The van der Waals surface area contributed by atoms with Crippen LogP contribution in [-0.4, -0.2) is 12.5 Å². The number of amides is 1. The first-order valence-corrected chi connectivity index (χ1v) is 5.62. The van der Waals surface area contributed by atoms with Crippen LogP contribution in [0, 0.1) is 16.2 Å². The second kappa shape index (κ2) is 2.53. The van der Waals surface area contributed by atoms with Crippen LogP contribution in [0.3, 0.4) is 0 Å². The molecular formula is C12H21NO. The smallest absolute Gasteiger partial charge is 0.220 e. The zero-order valence-electron chi connectivity index (χ0n) is 9.74. The van der Waals surface area contributed by atoms with E-state index in [-0.39, 0.29) is 5.91 Å². The quantitative estimate of drug-likeness (QED) is 0.631. The highest BCUT2D eigenvalue weighted by Gasteiger charge is 2.75. The van der Waals surface area contributed by atoms with Crippen LogP contribution < -0.4 is 5.32 Å². The fraction of sp³-hybridized carbons (Fsp3) is 0.917. The average molecular weight is 195 g/mol. The van der Waals surface area contributed by atoms with Gasteiger partial charge in [-0.3, -0.25) is 4.79 Å². The van der Waals surface area contributed by atoms with Crippen LogP contribution in [0.4, 0.5) is 0 Å². The fourth-order valence-corrected chi connectivity index (χ4v) is 3.75. The van der Waals surface area contributed by atoms with Crippen LogP contribution in [0.2, 0.25) is 0 Å². The second-order valence-electron chi connectivity index (χ2n) is 5.93. The summed E-state index contributed by atoms with van der Waals surface area (Å²) in [7, 11) is 0. The molecule has 0 aromatic rings. The first-order chi connectivity index (χ1) is 6.35. The first-order valence-electron chi connectivity index (χ1n) is 5.62. The van der Waals surface area contributed by atoms with Gasteiger partial charge in [0, 0.05) is 13.0 Å². The van der Waals surface area contributed by atoms with Gasteiger partial charge in [0.1, 0.15) is 0 Å². The Morgan fingerprint density at radius 2 is 1.64 bits per heavy atom. The molecule has 1 saturated carbocycles. The van der Waals surface area contributed by atoms with Gasteiger partial charge in [-0.25, -0.2) is 0 Å². The highest BCUT2D eigenvalue weighted by Crippen LogP contribution is 2.81. The summed E-state index contributed by atoms with van der Waals surface area (Å²) in [6.45, 7) is 10.3. The Morgan fingerprint density at radius 1 is 1.07 bits per heavy atom. The molecule has 1 spiro atoms. The molecule has 0 aromatic carbocycles. The molecule has 1 N–H and O–H groups in total. The Labute approximate surface area is 86.5 Å². The van der Waals surface area contributed by atoms with Crippen LogP contribution in [0.15, 0.2) is 0 Å². The number of hydrogen-bond donors (Lipinski definition) is 1. The van der Waals surface area contributed by atoms with Crippen LogP contribution in [-0.2, 0) is 4.79 Å². The minimum atomic E-state index is 0.236. The molecule has 0 atom stereocenters. The lowest BCUT2D eigenvalue weighted by molar-refractivity contribution is -0.120. The minimum Gasteiger partial charge on any atom is -0.356 e. The topological polar surface area (TPSA) is 29.1 Å². The zero-order valence-corrected chi connectivity index (χ0v) is 9.74. The summed E-state index contributed by atoms with van der Waals surface area (Å²) in [5, 5.41) is 2.98. The molecule has 2 heteroatoms. The lowest BCUT2D eigenvalue weighted by Crippen LogP contribution is -2.21. The van der Waals surface area contributed by atoms with E-state index >= 15 is 0 Å².